The standard InChI is InChI=1S/C5H12O3S.5FH2O3P.Li.H/c1-2-3-4-5-9(6,7)8;5*1-5(2,3)4;;/h2-5H2,1H3,(H,6,7,8);5*(H2,2,3,4);;. The Hall–Kier alpha value is 0.907. The molecular formula is C5H23F5LiO18P5S. The van der Waals surface area contributed by atoms with Crippen molar-refractivity contribution in [3.05, 3.63) is 0 Å². The summed E-state index contributed by atoms with van der Waals surface area (Å²) in [7, 11) is -29.4. The van der Waals surface area contributed by atoms with Gasteiger partial charge in [0.1, 0.15) is 0 Å². The first-order chi connectivity index (χ1) is 14.1. The van der Waals surface area contributed by atoms with Crippen LogP contribution in [0, 0.1) is 0 Å². The monoisotopic (exact) mass is 660 g/mol. The van der Waals surface area contributed by atoms with Crippen molar-refractivity contribution in [1.29, 1.82) is 0 Å². The molecule has 0 aromatic rings. The van der Waals surface area contributed by atoms with Crippen molar-refractivity contribution in [2.24, 2.45) is 0 Å². The van der Waals surface area contributed by atoms with Crippen LogP contribution < -0.4 is 0 Å². The number of unbranched alkanes of at least 4 members (excludes halogenated alkanes) is 2. The Bertz CT molecular complexity index is 669. The normalized spacial score (nSPS) is 11.5. The number of halogens is 5. The summed E-state index contributed by atoms with van der Waals surface area (Å²) >= 11 is 0. The third-order valence-electron chi connectivity index (χ3n) is 1.01. The molecule has 0 fully saturated rings. The first-order valence-electron chi connectivity index (χ1n) is 6.77. The molecule has 0 rings (SSSR count). The minimum atomic E-state index is -5.14. The number of hydrogen-bond donors (Lipinski definition) is 11. The average molecular weight is 660 g/mol. The Balaban J connectivity index is -0.0000000546. The molecule has 0 aliphatic carbocycles. The average Bonchev–Trinajstić information content (AvgIpc) is 2.26. The molecule has 0 saturated carbocycles. The van der Waals surface area contributed by atoms with Gasteiger partial charge in [0, 0.05) is 0 Å². The zero-order chi connectivity index (χ0) is 29.8. The fourth-order valence-corrected chi connectivity index (χ4v) is 1.10. The summed E-state index contributed by atoms with van der Waals surface area (Å²) in [6.45, 7) is 1.98. The van der Waals surface area contributed by atoms with Crippen LogP contribution in [0.15, 0.2) is 0 Å². The van der Waals surface area contributed by atoms with Crippen LogP contribution in [0.25, 0.3) is 0 Å². The van der Waals surface area contributed by atoms with Gasteiger partial charge in [-0.05, 0) is 6.42 Å². The van der Waals surface area contributed by atoms with Gasteiger partial charge in [-0.25, -0.2) is 22.8 Å². The van der Waals surface area contributed by atoms with E-state index in [2.05, 4.69) is 0 Å². The van der Waals surface area contributed by atoms with E-state index in [1.165, 1.54) is 0 Å². The molecule has 0 aliphatic rings. The van der Waals surface area contributed by atoms with Gasteiger partial charge in [0.25, 0.3) is 10.1 Å². The van der Waals surface area contributed by atoms with E-state index in [9.17, 15) is 29.4 Å². The van der Waals surface area contributed by atoms with Crippen molar-refractivity contribution in [1.82, 2.24) is 0 Å². The molecule has 11 N–H and O–H groups in total. The molecule has 0 spiro atoms. The van der Waals surface area contributed by atoms with E-state index in [0.717, 1.165) is 12.8 Å². The maximum atomic E-state index is 10.4. The van der Waals surface area contributed by atoms with Crippen LogP contribution in [0.4, 0.5) is 21.0 Å². The Kier molecular flexibility index (Phi) is 35.9. The minimum absolute atomic E-state index is 0. The van der Waals surface area contributed by atoms with Crippen molar-refractivity contribution in [2.75, 3.05) is 5.75 Å². The van der Waals surface area contributed by atoms with Crippen LogP contribution in [0.2, 0.25) is 0 Å². The Morgan fingerprint density at radius 1 is 0.543 bits per heavy atom. The molecule has 18 nitrogen and oxygen atoms in total. The van der Waals surface area contributed by atoms with Crippen LogP contribution >= 0.6 is 39.5 Å². The predicted molar refractivity (Wildman–Crippen MR) is 109 cm³/mol. The van der Waals surface area contributed by atoms with Crippen LogP contribution in [0.1, 0.15) is 26.2 Å². The summed E-state index contributed by atoms with van der Waals surface area (Å²) in [5, 5.41) is 0. The summed E-state index contributed by atoms with van der Waals surface area (Å²) < 4.78 is 123. The van der Waals surface area contributed by atoms with Crippen molar-refractivity contribution < 1.29 is 106 Å². The van der Waals surface area contributed by atoms with Crippen LogP contribution in [0.3, 0.4) is 0 Å². The van der Waals surface area contributed by atoms with Gasteiger partial charge in [-0.2, -0.15) is 8.42 Å². The van der Waals surface area contributed by atoms with Gasteiger partial charge >= 0.3 is 58.4 Å². The molecule has 0 atom stereocenters. The Morgan fingerprint density at radius 2 is 0.686 bits per heavy atom. The zero-order valence-electron chi connectivity index (χ0n) is 16.1. The van der Waals surface area contributed by atoms with E-state index in [1.54, 1.807) is 0 Å². The van der Waals surface area contributed by atoms with E-state index in [-0.39, 0.29) is 24.6 Å². The molecule has 0 aromatic carbocycles. The topological polar surface area (TPSA) is 342 Å². The maximum absolute atomic E-state index is 10.4. The van der Waals surface area contributed by atoms with Gasteiger partial charge in [0.2, 0.25) is 0 Å². The molecule has 218 valence electrons. The summed E-state index contributed by atoms with van der Waals surface area (Å²) in [6, 6.07) is 0. The second-order valence-electron chi connectivity index (χ2n) is 4.36. The molecule has 0 aromatic heterocycles. The fourth-order valence-electron chi connectivity index (χ4n) is 0.534. The van der Waals surface area contributed by atoms with Crippen molar-refractivity contribution >= 4 is 68.5 Å². The zero-order valence-corrected chi connectivity index (χ0v) is 21.4. The van der Waals surface area contributed by atoms with E-state index in [4.69, 9.17) is 76.3 Å². The fraction of sp³-hybridized carbons (Fsp3) is 1.00. The molecule has 0 bridgehead atoms. The van der Waals surface area contributed by atoms with Crippen LogP contribution in [0.5, 0.6) is 0 Å². The van der Waals surface area contributed by atoms with E-state index < -0.39 is 49.7 Å². The quantitative estimate of drug-likeness (QED) is 0.0648. The molecule has 0 radical (unpaired) electrons. The van der Waals surface area contributed by atoms with Gasteiger partial charge in [0.15, 0.2) is 0 Å². The molecule has 0 saturated heterocycles. The summed E-state index contributed by atoms with van der Waals surface area (Å²) in [4.78, 5) is 69.7. The summed E-state index contributed by atoms with van der Waals surface area (Å²) in [5.74, 6) is -0.0964. The third kappa shape index (κ3) is 792. The van der Waals surface area contributed by atoms with Gasteiger partial charge in [-0.15, -0.1) is 21.0 Å². The Morgan fingerprint density at radius 3 is 0.771 bits per heavy atom. The van der Waals surface area contributed by atoms with Gasteiger partial charge in [0.05, 0.1) is 5.75 Å². The van der Waals surface area contributed by atoms with Gasteiger partial charge in [-0.3, -0.25) is 53.5 Å². The van der Waals surface area contributed by atoms with Gasteiger partial charge in [-0.1, -0.05) is 19.8 Å². The van der Waals surface area contributed by atoms with Crippen molar-refractivity contribution in [3.8, 4) is 0 Å². The Labute approximate surface area is 206 Å². The van der Waals surface area contributed by atoms with Crippen molar-refractivity contribution in [3.63, 3.8) is 0 Å². The molecule has 30 heteroatoms. The summed E-state index contributed by atoms with van der Waals surface area (Å²) in [5.41, 5.74) is 0. The molecule has 0 heterocycles. The number of rotatable bonds is 4. The molecule has 0 unspecified atom stereocenters. The first-order valence-corrected chi connectivity index (χ1v) is 15.9. The molecule has 0 amide bonds. The molecule has 0 aliphatic heterocycles. The van der Waals surface area contributed by atoms with Crippen LogP contribution in [-0.4, -0.2) is 86.5 Å². The first kappa shape index (κ1) is 52.4. The molecular weight excluding hydrogens is 637 g/mol. The van der Waals surface area contributed by atoms with E-state index >= 15 is 0 Å². The van der Waals surface area contributed by atoms with Crippen molar-refractivity contribution in [2.45, 2.75) is 26.2 Å². The summed E-state index contributed by atoms with van der Waals surface area (Å²) in [6.07, 6.45) is 2.39. The molecule has 35 heavy (non-hydrogen) atoms. The second-order valence-corrected chi connectivity index (χ2v) is 10.7. The van der Waals surface area contributed by atoms with E-state index in [0.29, 0.717) is 6.42 Å². The number of hydrogen-bond acceptors (Lipinski definition) is 7. The second kappa shape index (κ2) is 24.0. The van der Waals surface area contributed by atoms with Crippen LogP contribution in [-0.2, 0) is 32.9 Å². The van der Waals surface area contributed by atoms with Gasteiger partial charge < -0.3 is 0 Å². The third-order valence-corrected chi connectivity index (χ3v) is 1.81. The van der Waals surface area contributed by atoms with E-state index in [1.807, 2.05) is 6.92 Å². The SMILES string of the molecule is CCCCCS(=O)(=O)O.O=P(O)(O)F.O=P(O)(O)F.O=P(O)(O)F.O=P(O)(O)F.O=P(O)(O)F.[LiH]. The predicted octanol–water partition coefficient (Wildman–Crippen LogP) is 0.659.